The molecule has 0 saturated carbocycles. The van der Waals surface area contributed by atoms with E-state index in [4.69, 9.17) is 9.47 Å². The fourth-order valence-corrected chi connectivity index (χ4v) is 3.35. The number of carbonyl (C=O) groups is 3. The maximum absolute atomic E-state index is 13.1. The zero-order chi connectivity index (χ0) is 17.7. The van der Waals surface area contributed by atoms with Crippen LogP contribution in [0.2, 0.25) is 0 Å². The molecule has 24 heavy (non-hydrogen) atoms. The van der Waals surface area contributed by atoms with Gasteiger partial charge in [-0.1, -0.05) is 18.2 Å². The molecule has 0 aliphatic carbocycles. The van der Waals surface area contributed by atoms with E-state index in [1.54, 1.807) is 4.90 Å². The summed E-state index contributed by atoms with van der Waals surface area (Å²) in [6, 6.07) is 7.55. The fraction of sp³-hybridized carbons (Fsp3) is 0.500. The highest BCUT2D eigenvalue weighted by Gasteiger charge is 2.50. The molecule has 6 nitrogen and oxygen atoms in total. The van der Waals surface area contributed by atoms with Gasteiger partial charge in [-0.05, 0) is 31.4 Å². The highest BCUT2D eigenvalue weighted by Crippen LogP contribution is 2.47. The predicted molar refractivity (Wildman–Crippen MR) is 88.6 cm³/mol. The molecule has 1 amide bonds. The molecule has 0 atom stereocenters. The summed E-state index contributed by atoms with van der Waals surface area (Å²) in [4.78, 5) is 38.1. The topological polar surface area (TPSA) is 72.9 Å². The Morgan fingerprint density at radius 3 is 2.08 bits per heavy atom. The van der Waals surface area contributed by atoms with Crippen LogP contribution < -0.4 is 4.90 Å². The molecule has 1 heterocycles. The second kappa shape index (κ2) is 7.47. The summed E-state index contributed by atoms with van der Waals surface area (Å²) >= 11 is 0. The number of likely N-dealkylation sites (N-methyl/N-ethyl adjacent to an activating group) is 1. The Labute approximate surface area is 141 Å². The second-order valence-electron chi connectivity index (χ2n) is 5.80. The lowest BCUT2D eigenvalue weighted by molar-refractivity contribution is -0.141. The average Bonchev–Trinajstić information content (AvgIpc) is 2.85. The summed E-state index contributed by atoms with van der Waals surface area (Å²) in [5.74, 6) is -0.806. The second-order valence-corrected chi connectivity index (χ2v) is 5.80. The Hall–Kier alpha value is -2.37. The van der Waals surface area contributed by atoms with Gasteiger partial charge >= 0.3 is 11.9 Å². The van der Waals surface area contributed by atoms with Gasteiger partial charge in [-0.3, -0.25) is 14.4 Å². The lowest BCUT2D eigenvalue weighted by Gasteiger charge is -2.28. The number of esters is 2. The number of ether oxygens (including phenoxy) is 2. The number of fused-ring (bicyclic) bond motifs is 1. The van der Waals surface area contributed by atoms with E-state index in [2.05, 4.69) is 0 Å². The van der Waals surface area contributed by atoms with E-state index in [1.165, 1.54) is 14.2 Å². The van der Waals surface area contributed by atoms with E-state index in [0.717, 1.165) is 11.3 Å². The third-order valence-electron chi connectivity index (χ3n) is 4.65. The standard InChI is InChI=1S/C18H23NO5/c1-4-19-14-8-6-5-7-13(14)18(17(19)22,11-9-15(20)23-2)12-10-16(21)24-3/h5-8H,4,9-12H2,1-3H3. The van der Waals surface area contributed by atoms with Crippen molar-refractivity contribution in [3.05, 3.63) is 29.8 Å². The molecule has 0 saturated heterocycles. The van der Waals surface area contributed by atoms with Crippen molar-refractivity contribution in [2.45, 2.75) is 38.0 Å². The first-order valence-corrected chi connectivity index (χ1v) is 8.05. The van der Waals surface area contributed by atoms with Crippen LogP contribution in [0.3, 0.4) is 0 Å². The third-order valence-corrected chi connectivity index (χ3v) is 4.65. The summed E-state index contributed by atoms with van der Waals surface area (Å²) in [5.41, 5.74) is 0.819. The van der Waals surface area contributed by atoms with E-state index in [0.29, 0.717) is 19.4 Å². The van der Waals surface area contributed by atoms with Crippen molar-refractivity contribution in [3.63, 3.8) is 0 Å². The van der Waals surface area contributed by atoms with Crippen LogP contribution in [0.15, 0.2) is 24.3 Å². The van der Waals surface area contributed by atoms with Crippen molar-refractivity contribution >= 4 is 23.5 Å². The van der Waals surface area contributed by atoms with Gasteiger partial charge in [0.25, 0.3) is 0 Å². The van der Waals surface area contributed by atoms with E-state index < -0.39 is 5.41 Å². The number of rotatable bonds is 7. The number of nitrogens with zero attached hydrogens (tertiary/aromatic N) is 1. The molecule has 1 aliphatic heterocycles. The summed E-state index contributed by atoms with van der Waals surface area (Å²) in [7, 11) is 2.65. The van der Waals surface area contributed by atoms with Crippen LogP contribution in [0, 0.1) is 0 Å². The minimum Gasteiger partial charge on any atom is -0.469 e. The number of carbonyl (C=O) groups excluding carboxylic acids is 3. The van der Waals surface area contributed by atoms with Gasteiger partial charge in [0.15, 0.2) is 0 Å². The zero-order valence-electron chi connectivity index (χ0n) is 14.3. The highest BCUT2D eigenvalue weighted by atomic mass is 16.5. The van der Waals surface area contributed by atoms with E-state index in [9.17, 15) is 14.4 Å². The summed E-state index contributed by atoms with van der Waals surface area (Å²) in [6.45, 7) is 2.44. The Kier molecular flexibility index (Phi) is 5.59. The Balaban J connectivity index is 2.42. The smallest absolute Gasteiger partial charge is 0.305 e. The van der Waals surface area contributed by atoms with Crippen LogP contribution in [-0.2, 0) is 29.3 Å². The largest absolute Gasteiger partial charge is 0.469 e. The molecule has 0 radical (unpaired) electrons. The summed E-state index contributed by atoms with van der Waals surface area (Å²) in [5, 5.41) is 0. The molecule has 0 fully saturated rings. The van der Waals surface area contributed by atoms with Crippen LogP contribution in [0.5, 0.6) is 0 Å². The molecule has 0 spiro atoms. The number of hydrogen-bond acceptors (Lipinski definition) is 5. The maximum atomic E-state index is 13.1. The van der Waals surface area contributed by atoms with Gasteiger partial charge in [0.2, 0.25) is 5.91 Å². The molecular formula is C18H23NO5. The number of methoxy groups -OCH3 is 2. The highest BCUT2D eigenvalue weighted by molar-refractivity contribution is 6.08. The van der Waals surface area contributed by atoms with Crippen LogP contribution in [0.25, 0.3) is 0 Å². The maximum Gasteiger partial charge on any atom is 0.305 e. The molecule has 2 rings (SSSR count). The molecular weight excluding hydrogens is 310 g/mol. The number of anilines is 1. The zero-order valence-corrected chi connectivity index (χ0v) is 14.3. The van der Waals surface area contributed by atoms with Crippen LogP contribution in [0.4, 0.5) is 5.69 Å². The minimum absolute atomic E-state index is 0.0704. The predicted octanol–water partition coefficient (Wildman–Crippen LogP) is 2.20. The van der Waals surface area contributed by atoms with Crippen LogP contribution >= 0.6 is 0 Å². The van der Waals surface area contributed by atoms with Gasteiger partial charge in [-0.25, -0.2) is 0 Å². The first-order valence-electron chi connectivity index (χ1n) is 8.05. The SMILES string of the molecule is CCN1C(=O)C(CCC(=O)OC)(CCC(=O)OC)c2ccccc21. The molecule has 0 aromatic heterocycles. The first kappa shape index (κ1) is 18.0. The van der Waals surface area contributed by atoms with Gasteiger partial charge in [-0.15, -0.1) is 0 Å². The monoisotopic (exact) mass is 333 g/mol. The fourth-order valence-electron chi connectivity index (χ4n) is 3.35. The molecule has 0 N–H and O–H groups in total. The minimum atomic E-state index is -0.894. The number of para-hydroxylation sites is 1. The van der Waals surface area contributed by atoms with E-state index in [-0.39, 0.29) is 30.7 Å². The van der Waals surface area contributed by atoms with Gasteiger partial charge in [-0.2, -0.15) is 0 Å². The summed E-state index contributed by atoms with van der Waals surface area (Å²) in [6.07, 6.45) is 0.858. The molecule has 1 aromatic carbocycles. The van der Waals surface area contributed by atoms with Crippen molar-refractivity contribution in [3.8, 4) is 0 Å². The van der Waals surface area contributed by atoms with Gasteiger partial charge in [0.05, 0.1) is 19.6 Å². The van der Waals surface area contributed by atoms with Crippen LogP contribution in [0.1, 0.15) is 38.2 Å². The molecule has 130 valence electrons. The van der Waals surface area contributed by atoms with E-state index >= 15 is 0 Å². The van der Waals surface area contributed by atoms with Crippen molar-refractivity contribution in [1.82, 2.24) is 0 Å². The number of amides is 1. The molecule has 6 heteroatoms. The lowest BCUT2D eigenvalue weighted by Crippen LogP contribution is -2.41. The van der Waals surface area contributed by atoms with Crippen LogP contribution in [-0.4, -0.2) is 38.6 Å². The molecule has 0 unspecified atom stereocenters. The van der Waals surface area contributed by atoms with Gasteiger partial charge in [0, 0.05) is 25.1 Å². The average molecular weight is 333 g/mol. The summed E-state index contributed by atoms with van der Waals surface area (Å²) < 4.78 is 9.45. The first-order chi connectivity index (χ1) is 11.5. The van der Waals surface area contributed by atoms with Crippen molar-refractivity contribution in [1.29, 1.82) is 0 Å². The third kappa shape index (κ3) is 3.13. The number of benzene rings is 1. The van der Waals surface area contributed by atoms with Crippen molar-refractivity contribution in [2.24, 2.45) is 0 Å². The Morgan fingerprint density at radius 2 is 1.58 bits per heavy atom. The molecule has 1 aliphatic rings. The van der Waals surface area contributed by atoms with Crippen molar-refractivity contribution in [2.75, 3.05) is 25.7 Å². The molecule has 0 bridgehead atoms. The normalized spacial score (nSPS) is 15.1. The Morgan fingerprint density at radius 1 is 1.04 bits per heavy atom. The van der Waals surface area contributed by atoms with Gasteiger partial charge in [0.1, 0.15) is 0 Å². The molecule has 1 aromatic rings. The number of hydrogen-bond donors (Lipinski definition) is 0. The Bertz CT molecular complexity index is 620. The van der Waals surface area contributed by atoms with Crippen molar-refractivity contribution < 1.29 is 23.9 Å². The quantitative estimate of drug-likeness (QED) is 0.715. The van der Waals surface area contributed by atoms with Gasteiger partial charge < -0.3 is 14.4 Å². The lowest BCUT2D eigenvalue weighted by atomic mass is 9.74. The van der Waals surface area contributed by atoms with E-state index in [1.807, 2.05) is 31.2 Å².